The molecule has 140 valence electrons. The summed E-state index contributed by atoms with van der Waals surface area (Å²) in [7, 11) is 0. The third-order valence-corrected chi connectivity index (χ3v) is 4.95. The second kappa shape index (κ2) is 8.62. The van der Waals surface area contributed by atoms with Crippen molar-refractivity contribution in [2.45, 2.75) is 31.8 Å². The molecule has 2 aromatic rings. The standard InChI is InChI=1S/C22H22O5/c23-18-13-7-12-17(14-18)19(21(24)25)22(26)27-20(15-8-3-1-4-9-15)16-10-5-2-6-11-16/h1-6,8-11,17,19-20H,7,12-14H2,(H,24,25). The van der Waals surface area contributed by atoms with Gasteiger partial charge in [0.05, 0.1) is 0 Å². The number of carbonyl (C=O) groups excluding carboxylic acids is 2. The first-order valence-electron chi connectivity index (χ1n) is 9.11. The van der Waals surface area contributed by atoms with Gasteiger partial charge in [-0.1, -0.05) is 60.7 Å². The fraction of sp³-hybridized carbons (Fsp3) is 0.318. The van der Waals surface area contributed by atoms with E-state index in [2.05, 4.69) is 0 Å². The molecule has 27 heavy (non-hydrogen) atoms. The lowest BCUT2D eigenvalue weighted by Gasteiger charge is -2.27. The summed E-state index contributed by atoms with van der Waals surface area (Å²) in [5, 5.41) is 9.62. The van der Waals surface area contributed by atoms with Crippen LogP contribution in [0.3, 0.4) is 0 Å². The van der Waals surface area contributed by atoms with Crippen molar-refractivity contribution in [1.82, 2.24) is 0 Å². The second-order valence-electron chi connectivity index (χ2n) is 6.85. The van der Waals surface area contributed by atoms with E-state index in [1.54, 1.807) is 0 Å². The zero-order valence-corrected chi connectivity index (χ0v) is 14.9. The van der Waals surface area contributed by atoms with Crippen molar-refractivity contribution in [1.29, 1.82) is 0 Å². The summed E-state index contributed by atoms with van der Waals surface area (Å²) in [6, 6.07) is 18.4. The maximum absolute atomic E-state index is 12.8. The maximum atomic E-state index is 12.8. The maximum Gasteiger partial charge on any atom is 0.321 e. The molecular formula is C22H22O5. The number of esters is 1. The van der Waals surface area contributed by atoms with E-state index in [0.29, 0.717) is 19.3 Å². The summed E-state index contributed by atoms with van der Waals surface area (Å²) in [5.74, 6) is -3.86. The van der Waals surface area contributed by atoms with Crippen LogP contribution in [0.25, 0.3) is 0 Å². The Hall–Kier alpha value is -2.95. The van der Waals surface area contributed by atoms with Gasteiger partial charge < -0.3 is 9.84 Å². The number of carboxylic acid groups (broad SMARTS) is 1. The first-order chi connectivity index (χ1) is 13.1. The van der Waals surface area contributed by atoms with E-state index >= 15 is 0 Å². The Morgan fingerprint density at radius 1 is 0.963 bits per heavy atom. The Balaban J connectivity index is 1.86. The van der Waals surface area contributed by atoms with Crippen molar-refractivity contribution in [3.05, 3.63) is 71.8 Å². The van der Waals surface area contributed by atoms with Gasteiger partial charge in [-0.15, -0.1) is 0 Å². The van der Waals surface area contributed by atoms with Gasteiger partial charge >= 0.3 is 11.9 Å². The SMILES string of the molecule is O=C1CCCC(C(C(=O)O)C(=O)OC(c2ccccc2)c2ccccc2)C1. The average molecular weight is 366 g/mol. The molecule has 1 fully saturated rings. The Bertz CT molecular complexity index is 760. The molecule has 0 amide bonds. The molecule has 1 saturated carbocycles. The lowest BCUT2D eigenvalue weighted by atomic mass is 9.79. The van der Waals surface area contributed by atoms with E-state index < -0.39 is 29.9 Å². The van der Waals surface area contributed by atoms with E-state index in [1.807, 2.05) is 60.7 Å². The van der Waals surface area contributed by atoms with E-state index in [4.69, 9.17) is 4.74 Å². The van der Waals surface area contributed by atoms with Crippen molar-refractivity contribution in [3.8, 4) is 0 Å². The number of carbonyl (C=O) groups is 3. The summed E-state index contributed by atoms with van der Waals surface area (Å²) >= 11 is 0. The molecule has 0 aliphatic heterocycles. The second-order valence-corrected chi connectivity index (χ2v) is 6.85. The highest BCUT2D eigenvalue weighted by molar-refractivity contribution is 5.95. The normalized spacial score (nSPS) is 18.1. The van der Waals surface area contributed by atoms with Gasteiger partial charge in [0, 0.05) is 12.8 Å². The molecule has 0 heterocycles. The number of hydrogen-bond acceptors (Lipinski definition) is 4. The molecule has 2 atom stereocenters. The minimum Gasteiger partial charge on any atom is -0.481 e. The molecule has 0 radical (unpaired) electrons. The van der Waals surface area contributed by atoms with Crippen LogP contribution >= 0.6 is 0 Å². The van der Waals surface area contributed by atoms with Crippen molar-refractivity contribution in [3.63, 3.8) is 0 Å². The lowest BCUT2D eigenvalue weighted by molar-refractivity contribution is -0.164. The van der Waals surface area contributed by atoms with Crippen molar-refractivity contribution in [2.75, 3.05) is 0 Å². The quantitative estimate of drug-likeness (QED) is 0.622. The average Bonchev–Trinajstić information content (AvgIpc) is 2.67. The number of aliphatic carboxylic acids is 1. The monoisotopic (exact) mass is 366 g/mol. The van der Waals surface area contributed by atoms with Crippen LogP contribution in [-0.4, -0.2) is 22.8 Å². The van der Waals surface area contributed by atoms with Crippen LogP contribution in [0.2, 0.25) is 0 Å². The van der Waals surface area contributed by atoms with Crippen LogP contribution in [0.4, 0.5) is 0 Å². The van der Waals surface area contributed by atoms with Gasteiger partial charge in [-0.25, -0.2) is 0 Å². The molecular weight excluding hydrogens is 344 g/mol. The molecule has 2 unspecified atom stereocenters. The molecule has 1 N–H and O–H groups in total. The molecule has 0 aromatic heterocycles. The molecule has 3 rings (SSSR count). The highest BCUT2D eigenvalue weighted by Gasteiger charge is 2.39. The van der Waals surface area contributed by atoms with E-state index in [0.717, 1.165) is 11.1 Å². The summed E-state index contributed by atoms with van der Waals surface area (Å²) in [6.07, 6.45) is 1.03. The summed E-state index contributed by atoms with van der Waals surface area (Å²) in [4.78, 5) is 36.4. The van der Waals surface area contributed by atoms with Crippen LogP contribution in [0, 0.1) is 11.8 Å². The minimum atomic E-state index is -1.33. The number of carboxylic acids is 1. The molecule has 2 aromatic carbocycles. The van der Waals surface area contributed by atoms with Crippen LogP contribution < -0.4 is 0 Å². The molecule has 0 bridgehead atoms. The van der Waals surface area contributed by atoms with Crippen LogP contribution in [0.15, 0.2) is 60.7 Å². The van der Waals surface area contributed by atoms with Crippen molar-refractivity contribution in [2.24, 2.45) is 11.8 Å². The predicted octanol–water partition coefficient (Wildman–Crippen LogP) is 3.78. The number of hydrogen-bond donors (Lipinski definition) is 1. The van der Waals surface area contributed by atoms with Gasteiger partial charge in [-0.05, 0) is 29.9 Å². The van der Waals surface area contributed by atoms with E-state index in [9.17, 15) is 19.5 Å². The molecule has 0 spiro atoms. The van der Waals surface area contributed by atoms with Gasteiger partial charge in [-0.2, -0.15) is 0 Å². The lowest BCUT2D eigenvalue weighted by Crippen LogP contribution is -2.36. The van der Waals surface area contributed by atoms with Crippen LogP contribution in [0.1, 0.15) is 42.9 Å². The summed E-state index contributed by atoms with van der Waals surface area (Å²) in [6.45, 7) is 0. The number of rotatable bonds is 6. The molecule has 5 nitrogen and oxygen atoms in total. The highest BCUT2D eigenvalue weighted by atomic mass is 16.5. The fourth-order valence-electron chi connectivity index (χ4n) is 3.61. The Kier molecular flexibility index (Phi) is 6.01. The smallest absolute Gasteiger partial charge is 0.321 e. The largest absolute Gasteiger partial charge is 0.481 e. The predicted molar refractivity (Wildman–Crippen MR) is 98.9 cm³/mol. The zero-order valence-electron chi connectivity index (χ0n) is 14.9. The van der Waals surface area contributed by atoms with Gasteiger partial charge in [-0.3, -0.25) is 14.4 Å². The topological polar surface area (TPSA) is 80.7 Å². The number of benzene rings is 2. The summed E-state index contributed by atoms with van der Waals surface area (Å²) < 4.78 is 5.70. The van der Waals surface area contributed by atoms with Crippen LogP contribution in [-0.2, 0) is 19.1 Å². The Labute approximate surface area is 158 Å². The third kappa shape index (κ3) is 4.61. The van der Waals surface area contributed by atoms with E-state index in [-0.39, 0.29) is 12.2 Å². The number of ketones is 1. The highest BCUT2D eigenvalue weighted by Crippen LogP contribution is 2.32. The first-order valence-corrected chi connectivity index (χ1v) is 9.11. The van der Waals surface area contributed by atoms with Crippen molar-refractivity contribution >= 4 is 17.7 Å². The first kappa shape index (κ1) is 18.8. The minimum absolute atomic E-state index is 0.00738. The van der Waals surface area contributed by atoms with Gasteiger partial charge in [0.15, 0.2) is 12.0 Å². The number of ether oxygens (including phenoxy) is 1. The fourth-order valence-corrected chi connectivity index (χ4v) is 3.61. The van der Waals surface area contributed by atoms with Crippen molar-refractivity contribution < 1.29 is 24.2 Å². The molecule has 1 aliphatic rings. The molecule has 1 aliphatic carbocycles. The van der Waals surface area contributed by atoms with Gasteiger partial charge in [0.2, 0.25) is 0 Å². The summed E-state index contributed by atoms with van der Waals surface area (Å²) in [5.41, 5.74) is 1.53. The zero-order chi connectivity index (χ0) is 19.2. The van der Waals surface area contributed by atoms with Gasteiger partial charge in [0.25, 0.3) is 0 Å². The van der Waals surface area contributed by atoms with Gasteiger partial charge in [0.1, 0.15) is 5.78 Å². The Morgan fingerprint density at radius 2 is 1.52 bits per heavy atom. The molecule has 5 heteroatoms. The third-order valence-electron chi connectivity index (χ3n) is 4.95. The number of Topliss-reactive ketones (excluding diaryl/α,β-unsaturated/α-hetero) is 1. The Morgan fingerprint density at radius 3 is 2.00 bits per heavy atom. The molecule has 0 saturated heterocycles. The van der Waals surface area contributed by atoms with E-state index in [1.165, 1.54) is 0 Å². The van der Waals surface area contributed by atoms with Crippen LogP contribution in [0.5, 0.6) is 0 Å².